The Kier molecular flexibility index (Phi) is 5.57. The van der Waals surface area contributed by atoms with Gasteiger partial charge in [-0.05, 0) is 33.9 Å². The molecule has 0 N–H and O–H groups in total. The van der Waals surface area contributed by atoms with E-state index in [0.717, 1.165) is 31.7 Å². The standard InChI is InChI=1S/C14H23ClN4O/c1-4-20-10-13-16-12(15)9-14(17-13)19-7-5-11(6-8-19)18(2)3/h9,11H,4-8,10H2,1-3H3. The molecule has 1 saturated heterocycles. The van der Waals surface area contributed by atoms with Crippen LogP contribution in [-0.2, 0) is 11.3 Å². The Bertz CT molecular complexity index is 433. The number of hydrogen-bond acceptors (Lipinski definition) is 5. The molecule has 1 aliphatic heterocycles. The summed E-state index contributed by atoms with van der Waals surface area (Å²) in [4.78, 5) is 13.3. The quantitative estimate of drug-likeness (QED) is 0.780. The molecule has 20 heavy (non-hydrogen) atoms. The summed E-state index contributed by atoms with van der Waals surface area (Å²) in [5.41, 5.74) is 0. The number of rotatable bonds is 5. The zero-order valence-corrected chi connectivity index (χ0v) is 13.2. The Morgan fingerprint density at radius 3 is 2.65 bits per heavy atom. The van der Waals surface area contributed by atoms with Crippen LogP contribution in [0.1, 0.15) is 25.6 Å². The molecule has 2 rings (SSSR count). The number of piperidine rings is 1. The molecular weight excluding hydrogens is 276 g/mol. The first-order valence-electron chi connectivity index (χ1n) is 7.12. The largest absolute Gasteiger partial charge is 0.374 e. The topological polar surface area (TPSA) is 41.5 Å². The van der Waals surface area contributed by atoms with E-state index in [1.54, 1.807) is 0 Å². The lowest BCUT2D eigenvalue weighted by molar-refractivity contribution is 0.128. The normalized spacial score (nSPS) is 16.9. The van der Waals surface area contributed by atoms with Crippen molar-refractivity contribution in [2.45, 2.75) is 32.4 Å². The van der Waals surface area contributed by atoms with E-state index in [0.29, 0.717) is 30.2 Å². The fourth-order valence-electron chi connectivity index (χ4n) is 2.48. The van der Waals surface area contributed by atoms with Crippen LogP contribution in [0.15, 0.2) is 6.07 Å². The van der Waals surface area contributed by atoms with Gasteiger partial charge in [0.15, 0.2) is 5.82 Å². The maximum absolute atomic E-state index is 6.09. The van der Waals surface area contributed by atoms with Gasteiger partial charge in [-0.15, -0.1) is 0 Å². The third-order valence-corrected chi connectivity index (χ3v) is 3.88. The number of hydrogen-bond donors (Lipinski definition) is 0. The van der Waals surface area contributed by atoms with E-state index < -0.39 is 0 Å². The number of halogens is 1. The minimum atomic E-state index is 0.415. The summed E-state index contributed by atoms with van der Waals surface area (Å²) in [6.45, 7) is 5.03. The highest BCUT2D eigenvalue weighted by Gasteiger charge is 2.22. The van der Waals surface area contributed by atoms with Gasteiger partial charge >= 0.3 is 0 Å². The summed E-state index contributed by atoms with van der Waals surface area (Å²) in [5, 5.41) is 0.486. The Labute approximate surface area is 125 Å². The molecule has 1 aromatic rings. The maximum atomic E-state index is 6.09. The Morgan fingerprint density at radius 1 is 1.35 bits per heavy atom. The summed E-state index contributed by atoms with van der Waals surface area (Å²) in [7, 11) is 4.28. The lowest BCUT2D eigenvalue weighted by Gasteiger charge is -2.35. The smallest absolute Gasteiger partial charge is 0.158 e. The molecule has 0 saturated carbocycles. The van der Waals surface area contributed by atoms with Crippen molar-refractivity contribution in [1.82, 2.24) is 14.9 Å². The summed E-state index contributed by atoms with van der Waals surface area (Å²) >= 11 is 6.09. The SMILES string of the molecule is CCOCc1nc(Cl)cc(N2CCC(N(C)C)CC2)n1. The lowest BCUT2D eigenvalue weighted by atomic mass is 10.0. The van der Waals surface area contributed by atoms with Gasteiger partial charge in [-0.1, -0.05) is 11.6 Å². The molecule has 1 aromatic heterocycles. The molecule has 2 heterocycles. The van der Waals surface area contributed by atoms with Crippen LogP contribution < -0.4 is 4.90 Å². The van der Waals surface area contributed by atoms with Gasteiger partial charge in [0, 0.05) is 31.8 Å². The van der Waals surface area contributed by atoms with Crippen LogP contribution >= 0.6 is 11.6 Å². The predicted octanol–water partition coefficient (Wildman–Crippen LogP) is 2.20. The highest BCUT2D eigenvalue weighted by Crippen LogP contribution is 2.22. The van der Waals surface area contributed by atoms with Gasteiger partial charge < -0.3 is 14.5 Å². The molecule has 0 amide bonds. The molecule has 112 valence electrons. The van der Waals surface area contributed by atoms with Gasteiger partial charge in [-0.3, -0.25) is 0 Å². The molecule has 0 unspecified atom stereocenters. The zero-order chi connectivity index (χ0) is 14.5. The zero-order valence-electron chi connectivity index (χ0n) is 12.5. The molecule has 0 radical (unpaired) electrons. The van der Waals surface area contributed by atoms with Crippen LogP contribution in [0, 0.1) is 0 Å². The number of anilines is 1. The lowest BCUT2D eigenvalue weighted by Crippen LogP contribution is -2.42. The molecule has 0 bridgehead atoms. The van der Waals surface area contributed by atoms with Crippen LogP contribution in [0.2, 0.25) is 5.15 Å². The molecule has 0 spiro atoms. The third-order valence-electron chi connectivity index (χ3n) is 3.68. The fourth-order valence-corrected chi connectivity index (χ4v) is 2.68. The molecule has 5 nitrogen and oxygen atoms in total. The van der Waals surface area contributed by atoms with E-state index in [1.807, 2.05) is 13.0 Å². The first-order valence-corrected chi connectivity index (χ1v) is 7.50. The first kappa shape index (κ1) is 15.5. The number of ether oxygens (including phenoxy) is 1. The molecule has 0 aromatic carbocycles. The highest BCUT2D eigenvalue weighted by molar-refractivity contribution is 6.29. The molecular formula is C14H23ClN4O. The van der Waals surface area contributed by atoms with Gasteiger partial charge in [0.1, 0.15) is 17.6 Å². The molecule has 6 heteroatoms. The molecule has 1 fully saturated rings. The average Bonchev–Trinajstić information content (AvgIpc) is 2.44. The van der Waals surface area contributed by atoms with Crippen molar-refractivity contribution in [3.63, 3.8) is 0 Å². The fraction of sp³-hybridized carbons (Fsp3) is 0.714. The number of aromatic nitrogens is 2. The van der Waals surface area contributed by atoms with E-state index in [4.69, 9.17) is 16.3 Å². The molecule has 0 aliphatic carbocycles. The summed E-state index contributed by atoms with van der Waals surface area (Å²) in [6, 6.07) is 2.50. The van der Waals surface area contributed by atoms with Crippen LogP contribution in [0.5, 0.6) is 0 Å². The van der Waals surface area contributed by atoms with Gasteiger partial charge in [0.05, 0.1) is 0 Å². The van der Waals surface area contributed by atoms with Gasteiger partial charge in [0.2, 0.25) is 0 Å². The monoisotopic (exact) mass is 298 g/mol. The van der Waals surface area contributed by atoms with Crippen LogP contribution in [0.4, 0.5) is 5.82 Å². The van der Waals surface area contributed by atoms with Crippen molar-refractivity contribution in [3.8, 4) is 0 Å². The van der Waals surface area contributed by atoms with Gasteiger partial charge in [-0.2, -0.15) is 0 Å². The van der Waals surface area contributed by atoms with Crippen LogP contribution in [-0.4, -0.2) is 54.7 Å². The van der Waals surface area contributed by atoms with Crippen LogP contribution in [0.3, 0.4) is 0 Å². The Morgan fingerprint density at radius 2 is 2.05 bits per heavy atom. The first-order chi connectivity index (χ1) is 9.60. The van der Waals surface area contributed by atoms with E-state index >= 15 is 0 Å². The maximum Gasteiger partial charge on any atom is 0.158 e. The van der Waals surface area contributed by atoms with Crippen molar-refractivity contribution in [3.05, 3.63) is 17.0 Å². The van der Waals surface area contributed by atoms with Crippen LogP contribution in [0.25, 0.3) is 0 Å². The summed E-state index contributed by atoms with van der Waals surface area (Å²) < 4.78 is 5.36. The minimum absolute atomic E-state index is 0.415. The highest BCUT2D eigenvalue weighted by atomic mass is 35.5. The van der Waals surface area contributed by atoms with E-state index in [1.165, 1.54) is 0 Å². The van der Waals surface area contributed by atoms with Gasteiger partial charge in [0.25, 0.3) is 0 Å². The summed E-state index contributed by atoms with van der Waals surface area (Å²) in [5.74, 6) is 1.57. The second-order valence-corrected chi connectivity index (χ2v) is 5.67. The number of nitrogens with zero attached hydrogens (tertiary/aromatic N) is 4. The average molecular weight is 299 g/mol. The van der Waals surface area contributed by atoms with Crippen molar-refractivity contribution in [2.75, 3.05) is 38.7 Å². The second kappa shape index (κ2) is 7.20. The van der Waals surface area contributed by atoms with E-state index in [-0.39, 0.29) is 0 Å². The van der Waals surface area contributed by atoms with Crippen molar-refractivity contribution in [2.24, 2.45) is 0 Å². The minimum Gasteiger partial charge on any atom is -0.374 e. The Hall–Kier alpha value is -0.910. The molecule has 1 aliphatic rings. The van der Waals surface area contributed by atoms with E-state index in [2.05, 4.69) is 33.9 Å². The van der Waals surface area contributed by atoms with Gasteiger partial charge in [-0.25, -0.2) is 9.97 Å². The van der Waals surface area contributed by atoms with Crippen molar-refractivity contribution < 1.29 is 4.74 Å². The Balaban J connectivity index is 2.03. The third kappa shape index (κ3) is 4.04. The van der Waals surface area contributed by atoms with Crippen molar-refractivity contribution in [1.29, 1.82) is 0 Å². The van der Waals surface area contributed by atoms with E-state index in [9.17, 15) is 0 Å². The second-order valence-electron chi connectivity index (χ2n) is 5.28. The summed E-state index contributed by atoms with van der Waals surface area (Å²) in [6.07, 6.45) is 2.30. The van der Waals surface area contributed by atoms with Crippen molar-refractivity contribution >= 4 is 17.4 Å². The molecule has 0 atom stereocenters. The predicted molar refractivity (Wildman–Crippen MR) is 81.3 cm³/mol.